The Bertz CT molecular complexity index is 573. The molecule has 1 unspecified atom stereocenters. The number of ether oxygens (including phenoxy) is 1. The lowest BCUT2D eigenvalue weighted by atomic mass is 10.2. The quantitative estimate of drug-likeness (QED) is 0.810. The van der Waals surface area contributed by atoms with Gasteiger partial charge in [0, 0.05) is 32.7 Å². The van der Waals surface area contributed by atoms with Crippen LogP contribution in [0.4, 0.5) is 0 Å². The third-order valence-electron chi connectivity index (χ3n) is 4.30. The second-order valence-corrected chi connectivity index (χ2v) is 6.14. The highest BCUT2D eigenvalue weighted by atomic mass is 16.5. The van der Waals surface area contributed by atoms with Gasteiger partial charge in [-0.1, -0.05) is 55.5 Å². The Labute approximate surface area is 139 Å². The fourth-order valence-electron chi connectivity index (χ4n) is 3.14. The molecule has 2 aromatic rings. The van der Waals surface area contributed by atoms with Crippen LogP contribution in [0.15, 0.2) is 60.7 Å². The normalized spacial score (nSPS) is 19.6. The molecular weight excluding hydrogens is 284 g/mol. The molecule has 0 radical (unpaired) electrons. The molecule has 0 N–H and O–H groups in total. The van der Waals surface area contributed by atoms with Gasteiger partial charge in [0.25, 0.3) is 0 Å². The molecule has 3 heteroatoms. The topological polar surface area (TPSA) is 15.7 Å². The fourth-order valence-corrected chi connectivity index (χ4v) is 3.14. The van der Waals surface area contributed by atoms with E-state index in [1.807, 2.05) is 30.3 Å². The molecule has 23 heavy (non-hydrogen) atoms. The number of nitrogens with zero attached hydrogens (tertiary/aromatic N) is 2. The molecule has 0 saturated carbocycles. The SMILES string of the molecule is CCCN1CCN(Cc2ccccc2)CC1Oc1ccccc1. The molecule has 0 aromatic heterocycles. The van der Waals surface area contributed by atoms with Crippen LogP contribution in [0.2, 0.25) is 0 Å². The van der Waals surface area contributed by atoms with Gasteiger partial charge in [-0.15, -0.1) is 0 Å². The van der Waals surface area contributed by atoms with E-state index < -0.39 is 0 Å². The molecule has 122 valence electrons. The summed E-state index contributed by atoms with van der Waals surface area (Å²) in [6.07, 6.45) is 1.29. The lowest BCUT2D eigenvalue weighted by Crippen LogP contribution is -2.55. The highest BCUT2D eigenvalue weighted by Crippen LogP contribution is 2.18. The molecule has 0 spiro atoms. The van der Waals surface area contributed by atoms with Crippen LogP contribution in [0, 0.1) is 0 Å². The maximum atomic E-state index is 6.27. The van der Waals surface area contributed by atoms with Crippen LogP contribution in [0.25, 0.3) is 0 Å². The lowest BCUT2D eigenvalue weighted by Gasteiger charge is -2.41. The first-order valence-electron chi connectivity index (χ1n) is 8.57. The zero-order chi connectivity index (χ0) is 15.9. The van der Waals surface area contributed by atoms with Crippen LogP contribution >= 0.6 is 0 Å². The second-order valence-electron chi connectivity index (χ2n) is 6.14. The van der Waals surface area contributed by atoms with Crippen molar-refractivity contribution in [1.29, 1.82) is 0 Å². The Morgan fingerprint density at radius 3 is 2.35 bits per heavy atom. The van der Waals surface area contributed by atoms with E-state index in [1.54, 1.807) is 0 Å². The van der Waals surface area contributed by atoms with E-state index in [1.165, 1.54) is 5.56 Å². The summed E-state index contributed by atoms with van der Waals surface area (Å²) in [6.45, 7) is 7.44. The van der Waals surface area contributed by atoms with E-state index in [-0.39, 0.29) is 6.23 Å². The molecule has 1 aliphatic heterocycles. The average molecular weight is 310 g/mol. The van der Waals surface area contributed by atoms with E-state index in [0.717, 1.165) is 44.9 Å². The van der Waals surface area contributed by atoms with Gasteiger partial charge in [0.05, 0.1) is 0 Å². The van der Waals surface area contributed by atoms with Gasteiger partial charge in [-0.2, -0.15) is 0 Å². The van der Waals surface area contributed by atoms with Gasteiger partial charge in [0.1, 0.15) is 5.75 Å². The Balaban J connectivity index is 1.65. The van der Waals surface area contributed by atoms with Crippen molar-refractivity contribution in [1.82, 2.24) is 9.80 Å². The summed E-state index contributed by atoms with van der Waals surface area (Å²) in [5.41, 5.74) is 1.37. The smallest absolute Gasteiger partial charge is 0.165 e. The van der Waals surface area contributed by atoms with Gasteiger partial charge in [0.2, 0.25) is 0 Å². The summed E-state index contributed by atoms with van der Waals surface area (Å²) in [5.74, 6) is 0.958. The molecule has 0 amide bonds. The molecule has 1 aliphatic rings. The van der Waals surface area contributed by atoms with Crippen molar-refractivity contribution < 1.29 is 4.74 Å². The van der Waals surface area contributed by atoms with Crippen LogP contribution in [0.1, 0.15) is 18.9 Å². The van der Waals surface area contributed by atoms with E-state index in [0.29, 0.717) is 0 Å². The van der Waals surface area contributed by atoms with Crippen LogP contribution in [0.3, 0.4) is 0 Å². The summed E-state index contributed by atoms with van der Waals surface area (Å²) in [7, 11) is 0. The predicted octanol–water partition coefficient (Wildman–Crippen LogP) is 3.62. The van der Waals surface area contributed by atoms with Gasteiger partial charge in [-0.25, -0.2) is 0 Å². The van der Waals surface area contributed by atoms with Gasteiger partial charge < -0.3 is 4.74 Å². The Morgan fingerprint density at radius 1 is 0.957 bits per heavy atom. The van der Waals surface area contributed by atoms with E-state index in [2.05, 4.69) is 47.1 Å². The zero-order valence-electron chi connectivity index (χ0n) is 13.9. The molecule has 2 aromatic carbocycles. The fraction of sp³-hybridized carbons (Fsp3) is 0.400. The molecule has 3 rings (SSSR count). The number of para-hydroxylation sites is 1. The number of hydrogen-bond acceptors (Lipinski definition) is 3. The van der Waals surface area contributed by atoms with E-state index >= 15 is 0 Å². The minimum absolute atomic E-state index is 0.134. The van der Waals surface area contributed by atoms with Crippen LogP contribution < -0.4 is 4.74 Å². The predicted molar refractivity (Wildman–Crippen MR) is 94.4 cm³/mol. The first-order chi connectivity index (χ1) is 11.3. The summed E-state index contributed by atoms with van der Waals surface area (Å²) >= 11 is 0. The molecular formula is C20H26N2O. The molecule has 0 bridgehead atoms. The van der Waals surface area contributed by atoms with Crippen molar-refractivity contribution in [2.45, 2.75) is 26.1 Å². The minimum Gasteiger partial charge on any atom is -0.474 e. The van der Waals surface area contributed by atoms with Gasteiger partial charge in [-0.05, 0) is 24.1 Å². The lowest BCUT2D eigenvalue weighted by molar-refractivity contribution is -0.0411. The van der Waals surface area contributed by atoms with E-state index in [4.69, 9.17) is 4.74 Å². The molecule has 1 heterocycles. The number of benzene rings is 2. The monoisotopic (exact) mass is 310 g/mol. The maximum Gasteiger partial charge on any atom is 0.165 e. The first kappa shape index (κ1) is 16.0. The highest BCUT2D eigenvalue weighted by molar-refractivity contribution is 5.21. The molecule has 3 nitrogen and oxygen atoms in total. The van der Waals surface area contributed by atoms with E-state index in [9.17, 15) is 0 Å². The van der Waals surface area contributed by atoms with Gasteiger partial charge in [-0.3, -0.25) is 9.80 Å². The highest BCUT2D eigenvalue weighted by Gasteiger charge is 2.27. The largest absolute Gasteiger partial charge is 0.474 e. The maximum absolute atomic E-state index is 6.27. The van der Waals surface area contributed by atoms with Crippen LogP contribution in [-0.2, 0) is 6.54 Å². The van der Waals surface area contributed by atoms with Crippen molar-refractivity contribution in [2.24, 2.45) is 0 Å². The number of rotatable bonds is 6. The standard InChI is InChI=1S/C20H26N2O/c1-2-13-22-15-14-21(16-18-9-5-3-6-10-18)17-20(22)23-19-11-7-4-8-12-19/h3-12,20H,2,13-17H2,1H3. The van der Waals surface area contributed by atoms with Crippen molar-refractivity contribution in [2.75, 3.05) is 26.2 Å². The Hall–Kier alpha value is -1.84. The van der Waals surface area contributed by atoms with Crippen molar-refractivity contribution in [3.8, 4) is 5.75 Å². The number of piperazine rings is 1. The summed E-state index contributed by atoms with van der Waals surface area (Å²) in [5, 5.41) is 0. The Kier molecular flexibility index (Phi) is 5.67. The van der Waals surface area contributed by atoms with Crippen LogP contribution in [0.5, 0.6) is 5.75 Å². The summed E-state index contributed by atoms with van der Waals surface area (Å²) < 4.78 is 6.27. The molecule has 1 saturated heterocycles. The third-order valence-corrected chi connectivity index (χ3v) is 4.30. The molecule has 1 fully saturated rings. The van der Waals surface area contributed by atoms with Crippen molar-refractivity contribution in [3.05, 3.63) is 66.2 Å². The Morgan fingerprint density at radius 2 is 1.65 bits per heavy atom. The van der Waals surface area contributed by atoms with Crippen LogP contribution in [-0.4, -0.2) is 42.2 Å². The summed E-state index contributed by atoms with van der Waals surface area (Å²) in [6, 6.07) is 20.9. The van der Waals surface area contributed by atoms with Gasteiger partial charge in [0.15, 0.2) is 6.23 Å². The third kappa shape index (κ3) is 4.57. The minimum atomic E-state index is 0.134. The van der Waals surface area contributed by atoms with Crippen molar-refractivity contribution >= 4 is 0 Å². The summed E-state index contributed by atoms with van der Waals surface area (Å²) in [4.78, 5) is 4.96. The molecule has 1 atom stereocenters. The first-order valence-corrected chi connectivity index (χ1v) is 8.57. The zero-order valence-corrected chi connectivity index (χ0v) is 13.9. The van der Waals surface area contributed by atoms with Gasteiger partial charge >= 0.3 is 0 Å². The average Bonchev–Trinajstić information content (AvgIpc) is 2.59. The van der Waals surface area contributed by atoms with Crippen molar-refractivity contribution in [3.63, 3.8) is 0 Å². The molecule has 0 aliphatic carbocycles. The second kappa shape index (κ2) is 8.14. The number of hydrogen-bond donors (Lipinski definition) is 0.